The molecule has 0 saturated heterocycles. The van der Waals surface area contributed by atoms with Crippen LogP contribution in [-0.2, 0) is 6.54 Å². The van der Waals surface area contributed by atoms with Gasteiger partial charge in [0, 0.05) is 12.6 Å². The highest BCUT2D eigenvalue weighted by Crippen LogP contribution is 2.34. The third-order valence-corrected chi connectivity index (χ3v) is 4.45. The molecule has 84 valence electrons. The van der Waals surface area contributed by atoms with Crippen LogP contribution in [0.4, 0.5) is 5.13 Å². The molecule has 1 fully saturated rings. The van der Waals surface area contributed by atoms with E-state index in [2.05, 4.69) is 31.9 Å². The minimum Gasteiger partial charge on any atom is -0.339 e. The number of nitrogens with one attached hydrogen (secondary N) is 1. The molecular formula is C10H11N3S3. The highest BCUT2D eigenvalue weighted by Gasteiger charge is 2.31. The van der Waals surface area contributed by atoms with Gasteiger partial charge in [0.25, 0.3) is 0 Å². The SMILES string of the molecule is S=c1[nH]nc(N(Cc2ccsc2)C2CC2)s1. The first-order chi connectivity index (χ1) is 7.83. The fourth-order valence-corrected chi connectivity index (χ4v) is 3.27. The zero-order valence-corrected chi connectivity index (χ0v) is 11.0. The summed E-state index contributed by atoms with van der Waals surface area (Å²) < 4.78 is 0.756. The first-order valence-corrected chi connectivity index (χ1v) is 7.33. The van der Waals surface area contributed by atoms with Crippen molar-refractivity contribution in [3.05, 3.63) is 26.3 Å². The summed E-state index contributed by atoms with van der Waals surface area (Å²) in [6.07, 6.45) is 2.55. The summed E-state index contributed by atoms with van der Waals surface area (Å²) >= 11 is 8.39. The predicted octanol–water partition coefficient (Wildman–Crippen LogP) is 3.43. The van der Waals surface area contributed by atoms with E-state index in [-0.39, 0.29) is 0 Å². The van der Waals surface area contributed by atoms with Gasteiger partial charge in [0.2, 0.25) is 5.13 Å². The van der Waals surface area contributed by atoms with Gasteiger partial charge in [0.05, 0.1) is 0 Å². The van der Waals surface area contributed by atoms with E-state index in [1.165, 1.54) is 18.4 Å². The van der Waals surface area contributed by atoms with Crippen LogP contribution in [0.1, 0.15) is 18.4 Å². The van der Waals surface area contributed by atoms with Crippen molar-refractivity contribution in [2.75, 3.05) is 4.90 Å². The number of rotatable bonds is 4. The molecule has 2 aromatic rings. The number of hydrogen-bond donors (Lipinski definition) is 1. The van der Waals surface area contributed by atoms with Crippen LogP contribution in [0.25, 0.3) is 0 Å². The number of thiophene rings is 1. The first-order valence-electron chi connectivity index (χ1n) is 5.16. The molecule has 1 aliphatic carbocycles. The van der Waals surface area contributed by atoms with Gasteiger partial charge in [-0.25, -0.2) is 0 Å². The van der Waals surface area contributed by atoms with Crippen molar-refractivity contribution in [2.45, 2.75) is 25.4 Å². The summed E-state index contributed by atoms with van der Waals surface area (Å²) in [5.41, 5.74) is 1.36. The number of aromatic amines is 1. The van der Waals surface area contributed by atoms with Gasteiger partial charge in [-0.15, -0.1) is 5.10 Å². The fourth-order valence-electron chi connectivity index (χ4n) is 1.66. The van der Waals surface area contributed by atoms with Crippen molar-refractivity contribution in [1.29, 1.82) is 0 Å². The van der Waals surface area contributed by atoms with Crippen LogP contribution in [0.2, 0.25) is 0 Å². The average Bonchev–Trinajstić information content (AvgIpc) is 2.81. The standard InChI is InChI=1S/C10H11N3S3/c14-10-12-11-9(16-10)13(8-1-2-8)5-7-3-4-15-6-7/h3-4,6,8H,1-2,5H2,(H,12,14). The fraction of sp³-hybridized carbons (Fsp3) is 0.400. The van der Waals surface area contributed by atoms with Gasteiger partial charge in [0.1, 0.15) is 0 Å². The van der Waals surface area contributed by atoms with Crippen LogP contribution in [0.15, 0.2) is 16.8 Å². The topological polar surface area (TPSA) is 31.9 Å². The molecule has 16 heavy (non-hydrogen) atoms. The summed E-state index contributed by atoms with van der Waals surface area (Å²) in [5.74, 6) is 0. The minimum atomic E-state index is 0.661. The van der Waals surface area contributed by atoms with E-state index in [1.807, 2.05) is 0 Å². The van der Waals surface area contributed by atoms with Crippen LogP contribution in [0.3, 0.4) is 0 Å². The van der Waals surface area contributed by atoms with E-state index in [9.17, 15) is 0 Å². The Morgan fingerprint density at radius 1 is 1.56 bits per heavy atom. The molecule has 1 N–H and O–H groups in total. The third kappa shape index (κ3) is 2.18. The van der Waals surface area contributed by atoms with Gasteiger partial charge in [-0.1, -0.05) is 11.3 Å². The number of H-pyrrole nitrogens is 1. The Morgan fingerprint density at radius 3 is 3.00 bits per heavy atom. The summed E-state index contributed by atoms with van der Waals surface area (Å²) in [7, 11) is 0. The van der Waals surface area contributed by atoms with E-state index >= 15 is 0 Å². The van der Waals surface area contributed by atoms with Gasteiger partial charge in [-0.05, 0) is 47.4 Å². The highest BCUT2D eigenvalue weighted by atomic mass is 32.1. The molecular weight excluding hydrogens is 258 g/mol. The molecule has 0 spiro atoms. The molecule has 0 atom stereocenters. The second kappa shape index (κ2) is 4.27. The van der Waals surface area contributed by atoms with Crippen LogP contribution >= 0.6 is 34.9 Å². The molecule has 0 aliphatic heterocycles. The number of nitrogens with zero attached hydrogens (tertiary/aromatic N) is 2. The normalized spacial score (nSPS) is 15.2. The van der Waals surface area contributed by atoms with E-state index in [1.54, 1.807) is 22.7 Å². The second-order valence-electron chi connectivity index (χ2n) is 3.89. The van der Waals surface area contributed by atoms with Crippen molar-refractivity contribution >= 4 is 40.0 Å². The molecule has 3 nitrogen and oxygen atoms in total. The maximum Gasteiger partial charge on any atom is 0.207 e. The molecule has 3 rings (SSSR count). The molecule has 2 heterocycles. The lowest BCUT2D eigenvalue weighted by atomic mass is 10.3. The van der Waals surface area contributed by atoms with Gasteiger partial charge < -0.3 is 4.90 Å². The molecule has 0 aromatic carbocycles. The van der Waals surface area contributed by atoms with Gasteiger partial charge in [-0.2, -0.15) is 11.3 Å². The summed E-state index contributed by atoms with van der Waals surface area (Å²) in [6, 6.07) is 2.83. The Labute approximate surface area is 107 Å². The molecule has 0 unspecified atom stereocenters. The Kier molecular flexibility index (Phi) is 2.79. The second-order valence-corrected chi connectivity index (χ2v) is 6.31. The van der Waals surface area contributed by atoms with E-state index in [4.69, 9.17) is 12.2 Å². The maximum absolute atomic E-state index is 5.08. The van der Waals surface area contributed by atoms with Crippen molar-refractivity contribution in [1.82, 2.24) is 10.2 Å². The van der Waals surface area contributed by atoms with Crippen LogP contribution < -0.4 is 4.90 Å². The number of hydrogen-bond acceptors (Lipinski definition) is 5. The van der Waals surface area contributed by atoms with Crippen LogP contribution in [0.5, 0.6) is 0 Å². The monoisotopic (exact) mass is 269 g/mol. The zero-order chi connectivity index (χ0) is 11.0. The molecule has 6 heteroatoms. The summed E-state index contributed by atoms with van der Waals surface area (Å²) in [4.78, 5) is 2.36. The molecule has 2 aromatic heterocycles. The van der Waals surface area contributed by atoms with E-state index in [0.29, 0.717) is 6.04 Å². The lowest BCUT2D eigenvalue weighted by molar-refractivity contribution is 0.782. The number of aromatic nitrogens is 2. The summed E-state index contributed by atoms with van der Waals surface area (Å²) in [6.45, 7) is 0.949. The van der Waals surface area contributed by atoms with Gasteiger partial charge in [-0.3, -0.25) is 5.10 Å². The molecule has 0 radical (unpaired) electrons. The van der Waals surface area contributed by atoms with Crippen molar-refractivity contribution < 1.29 is 0 Å². The molecule has 1 aliphatic rings. The van der Waals surface area contributed by atoms with Crippen molar-refractivity contribution in [3.63, 3.8) is 0 Å². The van der Waals surface area contributed by atoms with Crippen molar-refractivity contribution in [3.8, 4) is 0 Å². The third-order valence-electron chi connectivity index (χ3n) is 2.59. The number of anilines is 1. The van der Waals surface area contributed by atoms with E-state index < -0.39 is 0 Å². The Morgan fingerprint density at radius 2 is 2.44 bits per heavy atom. The van der Waals surface area contributed by atoms with Crippen LogP contribution in [-0.4, -0.2) is 16.2 Å². The largest absolute Gasteiger partial charge is 0.339 e. The van der Waals surface area contributed by atoms with Gasteiger partial charge >= 0.3 is 0 Å². The Balaban J connectivity index is 1.84. The molecule has 0 amide bonds. The average molecular weight is 269 g/mol. The summed E-state index contributed by atoms with van der Waals surface area (Å²) in [5, 5.41) is 12.5. The predicted molar refractivity (Wildman–Crippen MR) is 70.8 cm³/mol. The lowest BCUT2D eigenvalue weighted by Gasteiger charge is -2.19. The maximum atomic E-state index is 5.08. The Hall–Kier alpha value is -0.720. The minimum absolute atomic E-state index is 0.661. The quantitative estimate of drug-likeness (QED) is 0.863. The molecule has 0 bridgehead atoms. The zero-order valence-electron chi connectivity index (χ0n) is 8.55. The lowest BCUT2D eigenvalue weighted by Crippen LogP contribution is -2.24. The van der Waals surface area contributed by atoms with Crippen LogP contribution in [0, 0.1) is 3.95 Å². The Bertz CT molecular complexity index is 509. The smallest absolute Gasteiger partial charge is 0.207 e. The molecule has 1 saturated carbocycles. The van der Waals surface area contributed by atoms with Crippen molar-refractivity contribution in [2.24, 2.45) is 0 Å². The van der Waals surface area contributed by atoms with E-state index in [0.717, 1.165) is 15.6 Å². The highest BCUT2D eigenvalue weighted by molar-refractivity contribution is 7.73. The first kappa shape index (κ1) is 10.4. The van der Waals surface area contributed by atoms with Gasteiger partial charge in [0.15, 0.2) is 3.95 Å².